The summed E-state index contributed by atoms with van der Waals surface area (Å²) in [5.41, 5.74) is 0.993. The second-order valence-corrected chi connectivity index (χ2v) is 5.31. The molecular weight excluding hydrogens is 226 g/mol. The van der Waals surface area contributed by atoms with E-state index in [0.29, 0.717) is 18.4 Å². The fraction of sp³-hybridized carbons (Fsp3) is 0.714. The van der Waals surface area contributed by atoms with Crippen LogP contribution in [0.25, 0.3) is 0 Å². The first-order valence-corrected chi connectivity index (χ1v) is 6.86. The molecule has 1 fully saturated rings. The lowest BCUT2D eigenvalue weighted by atomic mass is 9.79. The Balaban J connectivity index is 1.93. The summed E-state index contributed by atoms with van der Waals surface area (Å²) in [6.07, 6.45) is 4.91. The van der Waals surface area contributed by atoms with Crippen molar-refractivity contribution >= 4 is 5.82 Å². The van der Waals surface area contributed by atoms with Crippen molar-refractivity contribution in [3.8, 4) is 0 Å². The molecule has 0 amide bonds. The van der Waals surface area contributed by atoms with Crippen LogP contribution in [0, 0.1) is 25.7 Å². The third kappa shape index (κ3) is 3.42. The first-order chi connectivity index (χ1) is 8.69. The number of hydrogen-bond donors (Lipinski definition) is 2. The first kappa shape index (κ1) is 13.3. The van der Waals surface area contributed by atoms with Crippen LogP contribution in [0.5, 0.6) is 0 Å². The van der Waals surface area contributed by atoms with E-state index in [1.165, 1.54) is 19.3 Å². The van der Waals surface area contributed by atoms with E-state index in [4.69, 9.17) is 0 Å². The topological polar surface area (TPSA) is 58.0 Å². The van der Waals surface area contributed by atoms with Crippen LogP contribution >= 0.6 is 0 Å². The third-order valence-electron chi connectivity index (χ3n) is 3.81. The lowest BCUT2D eigenvalue weighted by molar-refractivity contribution is 0.141. The van der Waals surface area contributed by atoms with E-state index < -0.39 is 0 Å². The Morgan fingerprint density at radius 2 is 1.94 bits per heavy atom. The lowest BCUT2D eigenvalue weighted by Gasteiger charge is -2.30. The molecule has 0 aliphatic heterocycles. The van der Waals surface area contributed by atoms with Gasteiger partial charge in [0, 0.05) is 24.9 Å². The summed E-state index contributed by atoms with van der Waals surface area (Å²) in [5.74, 6) is 2.73. The van der Waals surface area contributed by atoms with Gasteiger partial charge < -0.3 is 10.4 Å². The van der Waals surface area contributed by atoms with Gasteiger partial charge in [-0.3, -0.25) is 0 Å². The maximum atomic E-state index is 9.39. The maximum absolute atomic E-state index is 9.39. The van der Waals surface area contributed by atoms with Crippen LogP contribution in [0.1, 0.15) is 37.2 Å². The molecular formula is C14H23N3O. The zero-order chi connectivity index (χ0) is 13.0. The number of rotatable bonds is 4. The highest BCUT2D eigenvalue weighted by Gasteiger charge is 2.24. The second kappa shape index (κ2) is 6.14. The first-order valence-electron chi connectivity index (χ1n) is 6.86. The van der Waals surface area contributed by atoms with Gasteiger partial charge in [-0.2, -0.15) is 0 Å². The van der Waals surface area contributed by atoms with Crippen LogP contribution in [-0.2, 0) is 0 Å². The predicted molar refractivity (Wildman–Crippen MR) is 72.5 cm³/mol. The summed E-state index contributed by atoms with van der Waals surface area (Å²) in [6.45, 7) is 5.11. The third-order valence-corrected chi connectivity index (χ3v) is 3.81. The monoisotopic (exact) mass is 249 g/mol. The van der Waals surface area contributed by atoms with E-state index in [1.807, 2.05) is 19.9 Å². The number of aliphatic hydroxyl groups excluding tert-OH is 1. The van der Waals surface area contributed by atoms with Gasteiger partial charge in [0.15, 0.2) is 0 Å². The normalized spacial score (nSPS) is 23.9. The van der Waals surface area contributed by atoms with E-state index in [9.17, 15) is 5.11 Å². The Hall–Kier alpha value is -1.16. The van der Waals surface area contributed by atoms with E-state index in [0.717, 1.165) is 30.3 Å². The molecule has 1 saturated carbocycles. The van der Waals surface area contributed by atoms with Gasteiger partial charge in [0.05, 0.1) is 0 Å². The number of aliphatic hydroxyl groups is 1. The number of nitrogens with one attached hydrogen (secondary N) is 1. The van der Waals surface area contributed by atoms with Gasteiger partial charge in [-0.05, 0) is 38.5 Å². The van der Waals surface area contributed by atoms with Crippen molar-refractivity contribution in [2.75, 3.05) is 18.5 Å². The van der Waals surface area contributed by atoms with E-state index >= 15 is 0 Å². The van der Waals surface area contributed by atoms with Crippen LogP contribution in [0.15, 0.2) is 6.07 Å². The highest BCUT2D eigenvalue weighted by molar-refractivity contribution is 5.35. The Labute approximate surface area is 109 Å². The number of hydrogen-bond acceptors (Lipinski definition) is 4. The SMILES string of the molecule is Cc1cc(NCC2CCCCC2CO)nc(C)n1. The minimum absolute atomic E-state index is 0.314. The Morgan fingerprint density at radius 1 is 1.22 bits per heavy atom. The molecule has 2 rings (SSSR count). The molecule has 4 nitrogen and oxygen atoms in total. The zero-order valence-electron chi connectivity index (χ0n) is 11.3. The number of aryl methyl sites for hydroxylation is 2. The molecule has 0 bridgehead atoms. The molecule has 1 aromatic rings. The summed E-state index contributed by atoms with van der Waals surface area (Å²) in [7, 11) is 0. The largest absolute Gasteiger partial charge is 0.396 e. The standard InChI is InChI=1S/C14H23N3O/c1-10-7-14(17-11(2)16-10)15-8-12-5-3-4-6-13(12)9-18/h7,12-13,18H,3-6,8-9H2,1-2H3,(H,15,16,17). The molecule has 1 aromatic heterocycles. The fourth-order valence-corrected chi connectivity index (χ4v) is 2.84. The minimum Gasteiger partial charge on any atom is -0.396 e. The van der Waals surface area contributed by atoms with Crippen molar-refractivity contribution in [2.24, 2.45) is 11.8 Å². The molecule has 0 radical (unpaired) electrons. The van der Waals surface area contributed by atoms with E-state index in [-0.39, 0.29) is 0 Å². The van der Waals surface area contributed by atoms with Crippen LogP contribution in [0.2, 0.25) is 0 Å². The van der Waals surface area contributed by atoms with Crippen LogP contribution in [0.4, 0.5) is 5.82 Å². The van der Waals surface area contributed by atoms with Gasteiger partial charge in [-0.1, -0.05) is 12.8 Å². The number of aromatic nitrogens is 2. The fourth-order valence-electron chi connectivity index (χ4n) is 2.84. The van der Waals surface area contributed by atoms with Crippen molar-refractivity contribution in [3.05, 3.63) is 17.6 Å². The van der Waals surface area contributed by atoms with Gasteiger partial charge >= 0.3 is 0 Å². The molecule has 0 spiro atoms. The Kier molecular flexibility index (Phi) is 4.53. The number of anilines is 1. The Bertz CT molecular complexity index is 374. The zero-order valence-corrected chi connectivity index (χ0v) is 11.3. The average molecular weight is 249 g/mol. The van der Waals surface area contributed by atoms with Crippen LogP contribution < -0.4 is 5.32 Å². The molecule has 2 unspecified atom stereocenters. The van der Waals surface area contributed by atoms with Gasteiger partial charge in [-0.25, -0.2) is 9.97 Å². The molecule has 1 heterocycles. The van der Waals surface area contributed by atoms with E-state index in [2.05, 4.69) is 15.3 Å². The van der Waals surface area contributed by atoms with Crippen molar-refractivity contribution < 1.29 is 5.11 Å². The van der Waals surface area contributed by atoms with Crippen molar-refractivity contribution in [3.63, 3.8) is 0 Å². The quantitative estimate of drug-likeness (QED) is 0.859. The number of nitrogens with zero attached hydrogens (tertiary/aromatic N) is 2. The lowest BCUT2D eigenvalue weighted by Crippen LogP contribution is -2.28. The molecule has 2 N–H and O–H groups in total. The molecule has 1 aliphatic rings. The second-order valence-electron chi connectivity index (χ2n) is 5.31. The summed E-state index contributed by atoms with van der Waals surface area (Å²) in [6, 6.07) is 1.98. The van der Waals surface area contributed by atoms with Gasteiger partial charge in [0.2, 0.25) is 0 Å². The molecule has 0 aromatic carbocycles. The van der Waals surface area contributed by atoms with Gasteiger partial charge in [0.1, 0.15) is 11.6 Å². The van der Waals surface area contributed by atoms with Crippen LogP contribution in [0.3, 0.4) is 0 Å². The molecule has 0 saturated heterocycles. The minimum atomic E-state index is 0.314. The van der Waals surface area contributed by atoms with Gasteiger partial charge in [-0.15, -0.1) is 0 Å². The highest BCUT2D eigenvalue weighted by atomic mass is 16.3. The molecule has 1 aliphatic carbocycles. The predicted octanol–water partition coefficient (Wildman–Crippen LogP) is 2.30. The maximum Gasteiger partial charge on any atom is 0.129 e. The van der Waals surface area contributed by atoms with Crippen molar-refractivity contribution in [1.29, 1.82) is 0 Å². The highest BCUT2D eigenvalue weighted by Crippen LogP contribution is 2.29. The molecule has 4 heteroatoms. The Morgan fingerprint density at radius 3 is 2.61 bits per heavy atom. The van der Waals surface area contributed by atoms with Crippen molar-refractivity contribution in [1.82, 2.24) is 9.97 Å². The summed E-state index contributed by atoms with van der Waals surface area (Å²) in [5, 5.41) is 12.8. The average Bonchev–Trinajstić information content (AvgIpc) is 2.35. The summed E-state index contributed by atoms with van der Waals surface area (Å²) >= 11 is 0. The van der Waals surface area contributed by atoms with Crippen LogP contribution in [-0.4, -0.2) is 28.2 Å². The molecule has 100 valence electrons. The summed E-state index contributed by atoms with van der Waals surface area (Å²) < 4.78 is 0. The molecule has 18 heavy (non-hydrogen) atoms. The van der Waals surface area contributed by atoms with Gasteiger partial charge in [0.25, 0.3) is 0 Å². The summed E-state index contributed by atoms with van der Waals surface area (Å²) in [4.78, 5) is 8.65. The smallest absolute Gasteiger partial charge is 0.129 e. The molecule has 2 atom stereocenters. The van der Waals surface area contributed by atoms with E-state index in [1.54, 1.807) is 0 Å². The van der Waals surface area contributed by atoms with Crippen molar-refractivity contribution in [2.45, 2.75) is 39.5 Å².